The SMILES string of the molecule is CC(C)C(=O)NC(C)c1nc2ccccc2o1. The van der Waals surface area contributed by atoms with Crippen molar-refractivity contribution in [2.75, 3.05) is 0 Å². The highest BCUT2D eigenvalue weighted by atomic mass is 16.3. The highest BCUT2D eigenvalue weighted by Crippen LogP contribution is 2.19. The van der Waals surface area contributed by atoms with Crippen molar-refractivity contribution in [3.05, 3.63) is 30.2 Å². The summed E-state index contributed by atoms with van der Waals surface area (Å²) in [6, 6.07) is 7.35. The lowest BCUT2D eigenvalue weighted by atomic mass is 10.2. The number of fused-ring (bicyclic) bond motifs is 1. The molecule has 4 nitrogen and oxygen atoms in total. The standard InChI is InChI=1S/C13H16N2O2/c1-8(2)12(16)14-9(3)13-15-10-6-4-5-7-11(10)17-13/h4-9H,1-3H3,(H,14,16). The molecule has 1 aromatic heterocycles. The molecular weight excluding hydrogens is 216 g/mol. The second-order valence-electron chi connectivity index (χ2n) is 4.40. The van der Waals surface area contributed by atoms with Crippen molar-refractivity contribution in [2.45, 2.75) is 26.8 Å². The Hall–Kier alpha value is -1.84. The smallest absolute Gasteiger partial charge is 0.223 e. The van der Waals surface area contributed by atoms with Crippen molar-refractivity contribution >= 4 is 17.0 Å². The van der Waals surface area contributed by atoms with Gasteiger partial charge >= 0.3 is 0 Å². The van der Waals surface area contributed by atoms with Crippen molar-refractivity contribution in [3.8, 4) is 0 Å². The molecule has 0 aliphatic rings. The van der Waals surface area contributed by atoms with Crippen LogP contribution in [0.1, 0.15) is 32.7 Å². The van der Waals surface area contributed by atoms with E-state index in [1.165, 1.54) is 0 Å². The van der Waals surface area contributed by atoms with E-state index < -0.39 is 0 Å². The van der Waals surface area contributed by atoms with E-state index in [4.69, 9.17) is 4.42 Å². The van der Waals surface area contributed by atoms with Gasteiger partial charge in [-0.25, -0.2) is 4.98 Å². The maximum Gasteiger partial charge on any atom is 0.223 e. The van der Waals surface area contributed by atoms with E-state index in [0.717, 1.165) is 11.1 Å². The number of hydrogen-bond acceptors (Lipinski definition) is 3. The zero-order valence-corrected chi connectivity index (χ0v) is 10.2. The Kier molecular flexibility index (Phi) is 3.13. The Balaban J connectivity index is 2.19. The number of amides is 1. The number of oxazole rings is 1. The van der Waals surface area contributed by atoms with Gasteiger partial charge in [0.1, 0.15) is 11.6 Å². The summed E-state index contributed by atoms with van der Waals surface area (Å²) in [5.74, 6) is 0.502. The number of rotatable bonds is 3. The van der Waals surface area contributed by atoms with Crippen molar-refractivity contribution in [1.29, 1.82) is 0 Å². The summed E-state index contributed by atoms with van der Waals surface area (Å²) in [5.41, 5.74) is 1.56. The van der Waals surface area contributed by atoms with E-state index in [0.29, 0.717) is 5.89 Å². The molecule has 0 aliphatic carbocycles. The van der Waals surface area contributed by atoms with Crippen molar-refractivity contribution in [3.63, 3.8) is 0 Å². The minimum atomic E-state index is -0.211. The molecule has 0 bridgehead atoms. The number of nitrogens with zero attached hydrogens (tertiary/aromatic N) is 1. The molecule has 1 unspecified atom stereocenters. The molecule has 1 amide bonds. The highest BCUT2D eigenvalue weighted by molar-refractivity contribution is 5.78. The van der Waals surface area contributed by atoms with Gasteiger partial charge in [0.2, 0.25) is 11.8 Å². The molecule has 2 aromatic rings. The van der Waals surface area contributed by atoms with Gasteiger partial charge < -0.3 is 9.73 Å². The van der Waals surface area contributed by atoms with E-state index in [2.05, 4.69) is 10.3 Å². The first-order valence-corrected chi connectivity index (χ1v) is 5.74. The van der Waals surface area contributed by atoms with Gasteiger partial charge in [-0.3, -0.25) is 4.79 Å². The number of para-hydroxylation sites is 2. The Morgan fingerprint density at radius 2 is 2.00 bits per heavy atom. The van der Waals surface area contributed by atoms with E-state index in [1.807, 2.05) is 45.0 Å². The zero-order valence-electron chi connectivity index (χ0n) is 10.2. The molecule has 4 heteroatoms. The molecule has 1 heterocycles. The Labute approximate surface area is 100 Å². The van der Waals surface area contributed by atoms with Crippen LogP contribution >= 0.6 is 0 Å². The molecule has 2 rings (SSSR count). The molecule has 1 N–H and O–H groups in total. The average Bonchev–Trinajstić information content (AvgIpc) is 2.72. The van der Waals surface area contributed by atoms with Crippen LogP contribution in [0, 0.1) is 5.92 Å². The van der Waals surface area contributed by atoms with Crippen LogP contribution in [-0.4, -0.2) is 10.9 Å². The number of carbonyl (C=O) groups is 1. The minimum Gasteiger partial charge on any atom is -0.438 e. The third kappa shape index (κ3) is 2.46. The molecule has 17 heavy (non-hydrogen) atoms. The topological polar surface area (TPSA) is 55.1 Å². The molecule has 0 saturated carbocycles. The average molecular weight is 232 g/mol. The maximum atomic E-state index is 11.6. The molecule has 1 aromatic carbocycles. The molecule has 0 aliphatic heterocycles. The largest absolute Gasteiger partial charge is 0.438 e. The van der Waals surface area contributed by atoms with E-state index >= 15 is 0 Å². The summed E-state index contributed by atoms with van der Waals surface area (Å²) >= 11 is 0. The first-order chi connectivity index (χ1) is 8.08. The molecular formula is C13H16N2O2. The second-order valence-corrected chi connectivity index (χ2v) is 4.40. The second kappa shape index (κ2) is 4.57. The van der Waals surface area contributed by atoms with Crippen LogP contribution in [0.4, 0.5) is 0 Å². The fraction of sp³-hybridized carbons (Fsp3) is 0.385. The van der Waals surface area contributed by atoms with Crippen LogP contribution in [0.5, 0.6) is 0 Å². The third-order valence-electron chi connectivity index (χ3n) is 2.56. The van der Waals surface area contributed by atoms with Crippen molar-refractivity contribution in [2.24, 2.45) is 5.92 Å². The van der Waals surface area contributed by atoms with E-state index in [9.17, 15) is 4.79 Å². The van der Waals surface area contributed by atoms with Gasteiger partial charge in [-0.05, 0) is 19.1 Å². The van der Waals surface area contributed by atoms with Gasteiger partial charge in [0.05, 0.1) is 0 Å². The number of aromatic nitrogens is 1. The molecule has 0 radical (unpaired) electrons. The van der Waals surface area contributed by atoms with E-state index in [1.54, 1.807) is 0 Å². The molecule has 0 fully saturated rings. The molecule has 1 atom stereocenters. The number of hydrogen-bond donors (Lipinski definition) is 1. The summed E-state index contributed by atoms with van der Waals surface area (Å²) in [5, 5.41) is 2.86. The van der Waals surface area contributed by atoms with Gasteiger partial charge in [-0.2, -0.15) is 0 Å². The summed E-state index contributed by atoms with van der Waals surface area (Å²) < 4.78 is 5.58. The quantitative estimate of drug-likeness (QED) is 0.885. The van der Waals surface area contributed by atoms with Gasteiger partial charge in [0, 0.05) is 5.92 Å². The lowest BCUT2D eigenvalue weighted by Gasteiger charge is -2.11. The van der Waals surface area contributed by atoms with Crippen LogP contribution in [0.15, 0.2) is 28.7 Å². The van der Waals surface area contributed by atoms with Gasteiger partial charge in [-0.1, -0.05) is 26.0 Å². The summed E-state index contributed by atoms with van der Waals surface area (Å²) in [7, 11) is 0. The van der Waals surface area contributed by atoms with Crippen molar-refractivity contribution < 1.29 is 9.21 Å². The number of nitrogens with one attached hydrogen (secondary N) is 1. The monoisotopic (exact) mass is 232 g/mol. The number of carbonyl (C=O) groups excluding carboxylic acids is 1. The van der Waals surface area contributed by atoms with Crippen LogP contribution in [-0.2, 0) is 4.79 Å². The fourth-order valence-corrected chi connectivity index (χ4v) is 1.52. The number of benzene rings is 1. The Morgan fingerprint density at radius 3 is 2.65 bits per heavy atom. The van der Waals surface area contributed by atoms with Crippen molar-refractivity contribution in [1.82, 2.24) is 10.3 Å². The lowest BCUT2D eigenvalue weighted by Crippen LogP contribution is -2.30. The predicted molar refractivity (Wildman–Crippen MR) is 65.4 cm³/mol. The van der Waals surface area contributed by atoms with Crippen LogP contribution in [0.2, 0.25) is 0 Å². The van der Waals surface area contributed by atoms with Gasteiger partial charge in [-0.15, -0.1) is 0 Å². The fourth-order valence-electron chi connectivity index (χ4n) is 1.52. The van der Waals surface area contributed by atoms with Gasteiger partial charge in [0.25, 0.3) is 0 Å². The summed E-state index contributed by atoms with van der Waals surface area (Å²) in [4.78, 5) is 15.9. The third-order valence-corrected chi connectivity index (χ3v) is 2.56. The van der Waals surface area contributed by atoms with Gasteiger partial charge in [0.15, 0.2) is 5.58 Å². The molecule has 90 valence electrons. The van der Waals surface area contributed by atoms with E-state index in [-0.39, 0.29) is 17.9 Å². The Bertz CT molecular complexity index is 498. The first-order valence-electron chi connectivity index (χ1n) is 5.74. The first kappa shape index (κ1) is 11.6. The van der Waals surface area contributed by atoms with Crippen LogP contribution in [0.25, 0.3) is 11.1 Å². The summed E-state index contributed by atoms with van der Waals surface area (Å²) in [6.45, 7) is 5.58. The maximum absolute atomic E-state index is 11.6. The summed E-state index contributed by atoms with van der Waals surface area (Å²) in [6.07, 6.45) is 0. The normalized spacial score (nSPS) is 12.9. The minimum absolute atomic E-state index is 0.000226. The molecule has 0 spiro atoms. The Morgan fingerprint density at radius 1 is 1.29 bits per heavy atom. The zero-order chi connectivity index (χ0) is 12.4. The molecule has 0 saturated heterocycles. The van der Waals surface area contributed by atoms with Crippen LogP contribution in [0.3, 0.4) is 0 Å². The van der Waals surface area contributed by atoms with Crippen LogP contribution < -0.4 is 5.32 Å². The predicted octanol–water partition coefficient (Wildman–Crippen LogP) is 2.66. The highest BCUT2D eigenvalue weighted by Gasteiger charge is 2.17. The lowest BCUT2D eigenvalue weighted by molar-refractivity contribution is -0.124.